The molecule has 1 amide bonds. The molecule has 0 aliphatic heterocycles. The minimum Gasteiger partial charge on any atom is -0.322 e. The number of nitrogens with zero attached hydrogens (tertiary/aromatic N) is 2. The maximum Gasteiger partial charge on any atom is 0.255 e. The van der Waals surface area contributed by atoms with Gasteiger partial charge in [-0.3, -0.25) is 9.36 Å². The summed E-state index contributed by atoms with van der Waals surface area (Å²) in [6, 6.07) is 34.3. The summed E-state index contributed by atoms with van der Waals surface area (Å²) in [6.07, 6.45) is 1.68. The zero-order valence-electron chi connectivity index (χ0n) is 18.5. The number of benzene rings is 4. The van der Waals surface area contributed by atoms with E-state index >= 15 is 0 Å². The molecule has 1 N–H and O–H groups in total. The van der Waals surface area contributed by atoms with Crippen LogP contribution in [0.15, 0.2) is 103 Å². The number of amides is 1. The van der Waals surface area contributed by atoms with E-state index in [9.17, 15) is 4.79 Å². The van der Waals surface area contributed by atoms with E-state index in [1.165, 1.54) is 5.56 Å². The minimum atomic E-state index is -0.0944. The molecule has 0 atom stereocenters. The molecule has 5 aromatic rings. The first-order valence-electron chi connectivity index (χ1n) is 11.2. The zero-order valence-corrected chi connectivity index (χ0v) is 18.5. The number of imidazole rings is 1. The van der Waals surface area contributed by atoms with Crippen molar-refractivity contribution >= 4 is 22.6 Å². The predicted octanol–water partition coefficient (Wildman–Crippen LogP) is 6.37. The molecule has 162 valence electrons. The average molecular weight is 432 g/mol. The lowest BCUT2D eigenvalue weighted by Crippen LogP contribution is -2.11. The second-order valence-corrected chi connectivity index (χ2v) is 8.21. The molecule has 1 heterocycles. The molecule has 0 bridgehead atoms. The summed E-state index contributed by atoms with van der Waals surface area (Å²) >= 11 is 0. The Labute approximate surface area is 193 Å². The first-order valence-corrected chi connectivity index (χ1v) is 11.2. The summed E-state index contributed by atoms with van der Waals surface area (Å²) in [5.41, 5.74) is 6.98. The van der Waals surface area contributed by atoms with Crippen molar-refractivity contribution in [1.29, 1.82) is 0 Å². The SMILES string of the molecule is Cc1cccc(C(=O)Nc2ccc(CCc3nc4ccccc4n3-c3ccccc3)cc2)c1. The third-order valence-corrected chi connectivity index (χ3v) is 5.77. The van der Waals surface area contributed by atoms with E-state index in [2.05, 4.69) is 64.5 Å². The average Bonchev–Trinajstić information content (AvgIpc) is 3.22. The number of hydrogen-bond acceptors (Lipinski definition) is 2. The van der Waals surface area contributed by atoms with Gasteiger partial charge >= 0.3 is 0 Å². The van der Waals surface area contributed by atoms with Crippen molar-refractivity contribution < 1.29 is 4.79 Å². The molecule has 1 aromatic heterocycles. The van der Waals surface area contributed by atoms with Crippen LogP contribution in [0.4, 0.5) is 5.69 Å². The Balaban J connectivity index is 1.32. The van der Waals surface area contributed by atoms with Gasteiger partial charge in [0.15, 0.2) is 0 Å². The van der Waals surface area contributed by atoms with Gasteiger partial charge in [0.05, 0.1) is 11.0 Å². The first-order chi connectivity index (χ1) is 16.2. The third-order valence-electron chi connectivity index (χ3n) is 5.77. The molecule has 4 aromatic carbocycles. The van der Waals surface area contributed by atoms with E-state index in [-0.39, 0.29) is 5.91 Å². The fourth-order valence-electron chi connectivity index (χ4n) is 4.11. The van der Waals surface area contributed by atoms with Gasteiger partial charge in [-0.25, -0.2) is 4.98 Å². The molecule has 0 fully saturated rings. The second-order valence-electron chi connectivity index (χ2n) is 8.21. The molecule has 0 saturated carbocycles. The van der Waals surface area contributed by atoms with Gasteiger partial charge in [-0.2, -0.15) is 0 Å². The molecular weight excluding hydrogens is 406 g/mol. The monoisotopic (exact) mass is 431 g/mol. The van der Waals surface area contributed by atoms with Gasteiger partial charge in [0.1, 0.15) is 5.82 Å². The van der Waals surface area contributed by atoms with Gasteiger partial charge in [-0.1, -0.05) is 60.2 Å². The van der Waals surface area contributed by atoms with Crippen molar-refractivity contribution in [3.8, 4) is 5.69 Å². The second kappa shape index (κ2) is 9.13. The Hall–Kier alpha value is -4.18. The van der Waals surface area contributed by atoms with Crippen LogP contribution in [-0.2, 0) is 12.8 Å². The predicted molar refractivity (Wildman–Crippen MR) is 134 cm³/mol. The molecule has 0 unspecified atom stereocenters. The van der Waals surface area contributed by atoms with Crippen LogP contribution >= 0.6 is 0 Å². The maximum absolute atomic E-state index is 12.5. The highest BCUT2D eigenvalue weighted by molar-refractivity contribution is 6.04. The van der Waals surface area contributed by atoms with Gasteiger partial charge in [0, 0.05) is 23.4 Å². The standard InChI is InChI=1S/C29H25N3O/c1-21-8-7-9-23(20-21)29(33)30-24-17-14-22(15-18-24)16-19-28-31-26-12-5-6-13-27(26)32(28)25-10-3-2-4-11-25/h2-15,17-18,20H,16,19H2,1H3,(H,30,33). The van der Waals surface area contributed by atoms with Crippen LogP contribution in [0.25, 0.3) is 16.7 Å². The Morgan fingerprint density at radius 1 is 0.818 bits per heavy atom. The topological polar surface area (TPSA) is 46.9 Å². The molecular formula is C29H25N3O. The number of carbonyl (C=O) groups excluding carboxylic acids is 1. The zero-order chi connectivity index (χ0) is 22.6. The van der Waals surface area contributed by atoms with E-state index in [1.54, 1.807) is 0 Å². The fourth-order valence-corrected chi connectivity index (χ4v) is 4.11. The van der Waals surface area contributed by atoms with Crippen LogP contribution in [0.3, 0.4) is 0 Å². The Morgan fingerprint density at radius 2 is 1.58 bits per heavy atom. The lowest BCUT2D eigenvalue weighted by atomic mass is 10.1. The van der Waals surface area contributed by atoms with Crippen molar-refractivity contribution in [2.24, 2.45) is 0 Å². The van der Waals surface area contributed by atoms with Crippen molar-refractivity contribution in [3.63, 3.8) is 0 Å². The molecule has 33 heavy (non-hydrogen) atoms. The molecule has 0 aliphatic rings. The quantitative estimate of drug-likeness (QED) is 0.339. The number of rotatable bonds is 6. The van der Waals surface area contributed by atoms with Gasteiger partial charge in [-0.15, -0.1) is 0 Å². The van der Waals surface area contributed by atoms with E-state index in [1.807, 2.05) is 55.5 Å². The van der Waals surface area contributed by atoms with E-state index < -0.39 is 0 Å². The van der Waals surface area contributed by atoms with Gasteiger partial charge in [0.2, 0.25) is 0 Å². The number of anilines is 1. The van der Waals surface area contributed by atoms with Crippen molar-refractivity contribution in [3.05, 3.63) is 126 Å². The highest BCUT2D eigenvalue weighted by Gasteiger charge is 2.12. The Bertz CT molecular complexity index is 1400. The lowest BCUT2D eigenvalue weighted by molar-refractivity contribution is 0.102. The first kappa shape index (κ1) is 20.7. The normalized spacial score (nSPS) is 10.9. The number of nitrogens with one attached hydrogen (secondary N) is 1. The highest BCUT2D eigenvalue weighted by atomic mass is 16.1. The molecule has 4 nitrogen and oxygen atoms in total. The number of carbonyl (C=O) groups is 1. The maximum atomic E-state index is 12.5. The summed E-state index contributed by atoms with van der Waals surface area (Å²) in [4.78, 5) is 17.4. The van der Waals surface area contributed by atoms with E-state index in [4.69, 9.17) is 4.98 Å². The van der Waals surface area contributed by atoms with Crippen LogP contribution in [-0.4, -0.2) is 15.5 Å². The Kier molecular flexibility index (Phi) is 5.73. The lowest BCUT2D eigenvalue weighted by Gasteiger charge is -2.10. The van der Waals surface area contributed by atoms with Crippen molar-refractivity contribution in [2.75, 3.05) is 5.32 Å². The molecule has 4 heteroatoms. The third kappa shape index (κ3) is 4.55. The van der Waals surface area contributed by atoms with Crippen LogP contribution in [0.2, 0.25) is 0 Å². The van der Waals surface area contributed by atoms with Crippen LogP contribution in [0, 0.1) is 6.92 Å². The Morgan fingerprint density at radius 3 is 2.36 bits per heavy atom. The van der Waals surface area contributed by atoms with Gasteiger partial charge < -0.3 is 5.32 Å². The molecule has 0 aliphatic carbocycles. The van der Waals surface area contributed by atoms with Crippen molar-refractivity contribution in [2.45, 2.75) is 19.8 Å². The smallest absolute Gasteiger partial charge is 0.255 e. The van der Waals surface area contributed by atoms with Crippen LogP contribution in [0.1, 0.15) is 27.3 Å². The summed E-state index contributed by atoms with van der Waals surface area (Å²) in [7, 11) is 0. The molecule has 0 saturated heterocycles. The van der Waals surface area contributed by atoms with Gasteiger partial charge in [0.25, 0.3) is 5.91 Å². The number of aryl methyl sites for hydroxylation is 3. The largest absolute Gasteiger partial charge is 0.322 e. The van der Waals surface area contributed by atoms with E-state index in [0.29, 0.717) is 5.56 Å². The number of para-hydroxylation sites is 3. The summed E-state index contributed by atoms with van der Waals surface area (Å²) in [5, 5.41) is 2.98. The van der Waals surface area contributed by atoms with Crippen LogP contribution < -0.4 is 5.32 Å². The molecule has 0 spiro atoms. The minimum absolute atomic E-state index is 0.0944. The van der Waals surface area contributed by atoms with E-state index in [0.717, 1.165) is 46.6 Å². The highest BCUT2D eigenvalue weighted by Crippen LogP contribution is 2.23. The summed E-state index contributed by atoms with van der Waals surface area (Å²) in [5.74, 6) is 0.947. The van der Waals surface area contributed by atoms with Gasteiger partial charge in [-0.05, 0) is 67.4 Å². The summed E-state index contributed by atoms with van der Waals surface area (Å²) < 4.78 is 2.24. The molecule has 5 rings (SSSR count). The van der Waals surface area contributed by atoms with Crippen LogP contribution in [0.5, 0.6) is 0 Å². The summed E-state index contributed by atoms with van der Waals surface area (Å²) in [6.45, 7) is 1.98. The number of fused-ring (bicyclic) bond motifs is 1. The molecule has 0 radical (unpaired) electrons. The fraction of sp³-hybridized carbons (Fsp3) is 0.103. The number of hydrogen-bond donors (Lipinski definition) is 1. The van der Waals surface area contributed by atoms with Crippen molar-refractivity contribution in [1.82, 2.24) is 9.55 Å². The number of aromatic nitrogens is 2.